The van der Waals surface area contributed by atoms with Gasteiger partial charge in [-0.25, -0.2) is 23.4 Å². The maximum absolute atomic E-state index is 13.1. The van der Waals surface area contributed by atoms with Crippen molar-refractivity contribution in [3.05, 3.63) is 22.5 Å². The van der Waals surface area contributed by atoms with Crippen LogP contribution in [-0.2, 0) is 10.9 Å². The number of carbonyl (C=O) groups excluding carboxylic acids is 1. The maximum atomic E-state index is 13.1. The number of aromatic nitrogens is 1. The van der Waals surface area contributed by atoms with E-state index in [1.807, 2.05) is 0 Å². The number of hydrogen-bond donors (Lipinski definition) is 2. The number of alkyl halides is 5. The Hall–Kier alpha value is -2.46. The lowest BCUT2D eigenvalue weighted by molar-refractivity contribution is -0.142. The second-order valence-corrected chi connectivity index (χ2v) is 4.86. The van der Waals surface area contributed by atoms with Gasteiger partial charge in [-0.3, -0.25) is 0 Å². The highest BCUT2D eigenvalue weighted by molar-refractivity contribution is 6.05. The summed E-state index contributed by atoms with van der Waals surface area (Å²) in [6.07, 6.45) is -8.88. The maximum Gasteiger partial charge on any atom is 0.434 e. The number of hydrogen-bond acceptors (Lipinski definition) is 5. The first-order valence-electron chi connectivity index (χ1n) is 6.43. The highest BCUT2D eigenvalue weighted by Crippen LogP contribution is 2.39. The summed E-state index contributed by atoms with van der Waals surface area (Å²) >= 11 is 0. The average Bonchev–Trinajstić information content (AvgIpc) is 2.43. The van der Waals surface area contributed by atoms with Crippen molar-refractivity contribution in [1.82, 2.24) is 4.98 Å². The number of nitrogens with zero attached hydrogens (tertiary/aromatic N) is 1. The van der Waals surface area contributed by atoms with Crippen LogP contribution < -0.4 is 5.32 Å². The molecule has 11 heteroatoms. The molecule has 0 unspecified atom stereocenters. The summed E-state index contributed by atoms with van der Waals surface area (Å²) in [7, 11) is 0.814. The fourth-order valence-corrected chi connectivity index (χ4v) is 1.92. The molecule has 1 heterocycles. The van der Waals surface area contributed by atoms with Crippen LogP contribution in [0.3, 0.4) is 0 Å². The highest BCUT2D eigenvalue weighted by atomic mass is 19.4. The number of carboxylic acid groups (broad SMARTS) is 1. The zero-order valence-electron chi connectivity index (χ0n) is 12.7. The molecule has 0 aliphatic rings. The number of carboxylic acids is 1. The van der Waals surface area contributed by atoms with E-state index in [1.54, 1.807) is 0 Å². The van der Waals surface area contributed by atoms with Crippen molar-refractivity contribution < 1.29 is 41.4 Å². The van der Waals surface area contributed by atoms with Gasteiger partial charge >= 0.3 is 18.1 Å². The van der Waals surface area contributed by atoms with E-state index in [0.717, 1.165) is 7.11 Å². The van der Waals surface area contributed by atoms with Gasteiger partial charge in [0, 0.05) is 6.04 Å². The van der Waals surface area contributed by atoms with Crippen LogP contribution >= 0.6 is 0 Å². The number of esters is 1. The van der Waals surface area contributed by atoms with Gasteiger partial charge in [0.05, 0.1) is 12.8 Å². The van der Waals surface area contributed by atoms with Crippen molar-refractivity contribution in [2.75, 3.05) is 12.4 Å². The minimum Gasteiger partial charge on any atom is -0.478 e. The summed E-state index contributed by atoms with van der Waals surface area (Å²) in [5.41, 5.74) is -6.93. The molecule has 1 aromatic rings. The highest BCUT2D eigenvalue weighted by Gasteiger charge is 2.43. The number of rotatable bonds is 5. The Morgan fingerprint density at radius 3 is 2.08 bits per heavy atom. The van der Waals surface area contributed by atoms with Crippen LogP contribution in [0.2, 0.25) is 0 Å². The predicted octanol–water partition coefficient (Wildman–Crippen LogP) is 3.34. The molecule has 134 valence electrons. The Labute approximate surface area is 132 Å². The third kappa shape index (κ3) is 3.89. The SMILES string of the molecule is COC(=O)c1c(C(F)F)nc(C(F)(F)F)c(C(=O)O)c1NC(C)C. The second-order valence-electron chi connectivity index (χ2n) is 4.86. The average molecular weight is 356 g/mol. The molecule has 0 atom stereocenters. The van der Waals surface area contributed by atoms with E-state index in [9.17, 15) is 31.5 Å². The minimum absolute atomic E-state index is 0.666. The van der Waals surface area contributed by atoms with E-state index in [1.165, 1.54) is 13.8 Å². The summed E-state index contributed by atoms with van der Waals surface area (Å²) < 4.78 is 69.8. The fraction of sp³-hybridized carbons (Fsp3) is 0.462. The Bertz CT molecular complexity index is 659. The van der Waals surface area contributed by atoms with Crippen LogP contribution in [0, 0.1) is 0 Å². The van der Waals surface area contributed by atoms with Crippen molar-refractivity contribution in [2.45, 2.75) is 32.5 Å². The number of halogens is 5. The molecule has 24 heavy (non-hydrogen) atoms. The van der Waals surface area contributed by atoms with Gasteiger partial charge in [-0.15, -0.1) is 0 Å². The van der Waals surface area contributed by atoms with E-state index < -0.39 is 58.8 Å². The molecule has 1 rings (SSSR count). The van der Waals surface area contributed by atoms with Gasteiger partial charge in [0.2, 0.25) is 0 Å². The quantitative estimate of drug-likeness (QED) is 0.621. The van der Waals surface area contributed by atoms with Gasteiger partial charge in [-0.05, 0) is 13.8 Å². The van der Waals surface area contributed by atoms with Crippen LogP contribution in [0.25, 0.3) is 0 Å². The third-order valence-electron chi connectivity index (χ3n) is 2.74. The lowest BCUT2D eigenvalue weighted by atomic mass is 10.0. The van der Waals surface area contributed by atoms with Gasteiger partial charge in [-0.1, -0.05) is 0 Å². The normalized spacial score (nSPS) is 11.8. The van der Waals surface area contributed by atoms with Gasteiger partial charge in [-0.2, -0.15) is 13.2 Å². The number of nitrogens with one attached hydrogen (secondary N) is 1. The standard InChI is InChI=1S/C13H13F5N2O4/c1-4(2)19-7-5(12(23)24-3)8(10(14)15)20-9(13(16,17)18)6(7)11(21)22/h4,10H,1-3H3,(H,19,20)(H,21,22). The first-order valence-corrected chi connectivity index (χ1v) is 6.43. The van der Waals surface area contributed by atoms with E-state index in [4.69, 9.17) is 5.11 Å². The van der Waals surface area contributed by atoms with Crippen molar-refractivity contribution in [1.29, 1.82) is 0 Å². The Balaban J connectivity index is 4.02. The van der Waals surface area contributed by atoms with Crippen LogP contribution in [0.4, 0.5) is 27.6 Å². The summed E-state index contributed by atoms with van der Waals surface area (Å²) in [5, 5.41) is 11.4. The van der Waals surface area contributed by atoms with Gasteiger partial charge < -0.3 is 15.2 Å². The lowest BCUT2D eigenvalue weighted by Gasteiger charge is -2.21. The largest absolute Gasteiger partial charge is 0.478 e. The van der Waals surface area contributed by atoms with Crippen molar-refractivity contribution >= 4 is 17.6 Å². The van der Waals surface area contributed by atoms with E-state index in [-0.39, 0.29) is 0 Å². The smallest absolute Gasteiger partial charge is 0.434 e. The number of anilines is 1. The van der Waals surface area contributed by atoms with Crippen molar-refractivity contribution in [2.24, 2.45) is 0 Å². The molecule has 0 radical (unpaired) electrons. The molecule has 1 aromatic heterocycles. The molecule has 0 aliphatic carbocycles. The van der Waals surface area contributed by atoms with E-state index >= 15 is 0 Å². The number of methoxy groups -OCH3 is 1. The van der Waals surface area contributed by atoms with Gasteiger partial charge in [0.1, 0.15) is 16.8 Å². The molecule has 0 aliphatic heterocycles. The summed E-state index contributed by atoms with van der Waals surface area (Å²) in [6, 6.07) is -0.666. The number of pyridine rings is 1. The Morgan fingerprint density at radius 1 is 1.21 bits per heavy atom. The molecule has 0 bridgehead atoms. The Kier molecular flexibility index (Phi) is 5.69. The topological polar surface area (TPSA) is 88.5 Å². The van der Waals surface area contributed by atoms with Crippen LogP contribution in [0.1, 0.15) is 52.4 Å². The van der Waals surface area contributed by atoms with Crippen molar-refractivity contribution in [3.63, 3.8) is 0 Å². The number of aromatic carboxylic acids is 1. The molecule has 0 amide bonds. The predicted molar refractivity (Wildman–Crippen MR) is 71.3 cm³/mol. The molecule has 6 nitrogen and oxygen atoms in total. The van der Waals surface area contributed by atoms with Crippen LogP contribution in [-0.4, -0.2) is 35.2 Å². The molecular weight excluding hydrogens is 343 g/mol. The monoisotopic (exact) mass is 356 g/mol. The van der Waals surface area contributed by atoms with Crippen LogP contribution in [0.15, 0.2) is 0 Å². The van der Waals surface area contributed by atoms with Crippen LogP contribution in [0.5, 0.6) is 0 Å². The fourth-order valence-electron chi connectivity index (χ4n) is 1.92. The number of ether oxygens (including phenoxy) is 1. The molecule has 2 N–H and O–H groups in total. The summed E-state index contributed by atoms with van der Waals surface area (Å²) in [4.78, 5) is 25.8. The first-order chi connectivity index (χ1) is 10.9. The van der Waals surface area contributed by atoms with Gasteiger partial charge in [0.25, 0.3) is 6.43 Å². The summed E-state index contributed by atoms with van der Waals surface area (Å²) in [5.74, 6) is -3.51. The first kappa shape index (κ1) is 19.6. The second kappa shape index (κ2) is 6.97. The van der Waals surface area contributed by atoms with Gasteiger partial charge in [0.15, 0.2) is 5.69 Å². The molecule has 0 saturated heterocycles. The molecule has 0 fully saturated rings. The molecular formula is C13H13F5N2O4. The molecule has 0 spiro atoms. The lowest BCUT2D eigenvalue weighted by Crippen LogP contribution is -2.25. The third-order valence-corrected chi connectivity index (χ3v) is 2.74. The Morgan fingerprint density at radius 2 is 1.75 bits per heavy atom. The molecule has 0 saturated carbocycles. The van der Waals surface area contributed by atoms with E-state index in [2.05, 4.69) is 15.0 Å². The van der Waals surface area contributed by atoms with Crippen molar-refractivity contribution in [3.8, 4) is 0 Å². The minimum atomic E-state index is -5.32. The summed E-state index contributed by atoms with van der Waals surface area (Å²) in [6.45, 7) is 2.84. The molecule has 0 aromatic carbocycles. The van der Waals surface area contributed by atoms with E-state index in [0.29, 0.717) is 0 Å². The zero-order valence-corrected chi connectivity index (χ0v) is 12.7. The zero-order chi connectivity index (χ0) is 18.8. The number of carbonyl (C=O) groups is 2.